The summed E-state index contributed by atoms with van der Waals surface area (Å²) >= 11 is 0. The number of methoxy groups -OCH3 is 4. The second-order valence-corrected chi connectivity index (χ2v) is 7.78. The van der Waals surface area contributed by atoms with Gasteiger partial charge in [0.1, 0.15) is 0 Å². The first-order valence-electron chi connectivity index (χ1n) is 10.9. The Bertz CT molecular complexity index is 980. The highest BCUT2D eigenvalue weighted by Gasteiger charge is 2.20. The summed E-state index contributed by atoms with van der Waals surface area (Å²) in [6.07, 6.45) is 1.39. The van der Waals surface area contributed by atoms with Gasteiger partial charge in [-0.3, -0.25) is 14.6 Å². The number of piperazine rings is 1. The Morgan fingerprint density at radius 1 is 0.971 bits per heavy atom. The molecule has 184 valence electrons. The smallest absolute Gasteiger partial charge is 0.254 e. The number of phenolic OH excluding ortho intramolecular Hbond substituents is 1. The van der Waals surface area contributed by atoms with Crippen LogP contribution in [0.5, 0.6) is 28.7 Å². The highest BCUT2D eigenvalue weighted by Crippen LogP contribution is 2.38. The van der Waals surface area contributed by atoms with E-state index in [0.29, 0.717) is 28.6 Å². The van der Waals surface area contributed by atoms with Crippen LogP contribution in [-0.2, 0) is 11.3 Å². The lowest BCUT2D eigenvalue weighted by molar-refractivity contribution is -0.122. The molecule has 10 nitrogen and oxygen atoms in total. The maximum Gasteiger partial charge on any atom is 0.254 e. The maximum atomic E-state index is 12.3. The van der Waals surface area contributed by atoms with Crippen LogP contribution in [0.25, 0.3) is 0 Å². The van der Waals surface area contributed by atoms with Crippen molar-refractivity contribution in [3.63, 3.8) is 0 Å². The summed E-state index contributed by atoms with van der Waals surface area (Å²) in [6, 6.07) is 8.98. The number of carbonyl (C=O) groups excluding carboxylic acids is 1. The third-order valence-electron chi connectivity index (χ3n) is 5.61. The first kappa shape index (κ1) is 25.1. The quantitative estimate of drug-likeness (QED) is 0.398. The monoisotopic (exact) mass is 472 g/mol. The Kier molecular flexibility index (Phi) is 8.94. The summed E-state index contributed by atoms with van der Waals surface area (Å²) < 4.78 is 21.3. The third-order valence-corrected chi connectivity index (χ3v) is 5.61. The molecule has 0 saturated carbocycles. The van der Waals surface area contributed by atoms with E-state index in [0.717, 1.165) is 38.3 Å². The second-order valence-electron chi connectivity index (χ2n) is 7.78. The highest BCUT2D eigenvalue weighted by atomic mass is 16.5. The van der Waals surface area contributed by atoms with Crippen molar-refractivity contribution in [2.24, 2.45) is 5.10 Å². The van der Waals surface area contributed by atoms with Gasteiger partial charge in [0.2, 0.25) is 5.75 Å². The van der Waals surface area contributed by atoms with Gasteiger partial charge in [-0.15, -0.1) is 0 Å². The van der Waals surface area contributed by atoms with E-state index in [4.69, 9.17) is 18.9 Å². The maximum absolute atomic E-state index is 12.3. The van der Waals surface area contributed by atoms with Gasteiger partial charge in [0, 0.05) is 38.3 Å². The zero-order valence-corrected chi connectivity index (χ0v) is 20.0. The summed E-state index contributed by atoms with van der Waals surface area (Å²) in [5, 5.41) is 14.0. The molecule has 0 aliphatic carbocycles. The fourth-order valence-corrected chi connectivity index (χ4v) is 3.81. The molecule has 1 saturated heterocycles. The number of rotatable bonds is 10. The summed E-state index contributed by atoms with van der Waals surface area (Å²) in [5.41, 5.74) is 4.04. The fourth-order valence-electron chi connectivity index (χ4n) is 3.81. The first-order valence-corrected chi connectivity index (χ1v) is 10.9. The van der Waals surface area contributed by atoms with E-state index in [1.165, 1.54) is 13.3 Å². The molecule has 1 amide bonds. The number of nitrogens with zero attached hydrogens (tertiary/aromatic N) is 3. The van der Waals surface area contributed by atoms with E-state index in [1.807, 2.05) is 12.1 Å². The van der Waals surface area contributed by atoms with Gasteiger partial charge in [-0.2, -0.15) is 5.10 Å². The zero-order chi connectivity index (χ0) is 24.5. The summed E-state index contributed by atoms with van der Waals surface area (Å²) in [4.78, 5) is 16.7. The van der Waals surface area contributed by atoms with Gasteiger partial charge in [-0.05, 0) is 29.8 Å². The summed E-state index contributed by atoms with van der Waals surface area (Å²) in [5.74, 6) is 1.96. The second kappa shape index (κ2) is 12.1. The fraction of sp³-hybridized carbons (Fsp3) is 0.417. The van der Waals surface area contributed by atoms with Crippen molar-refractivity contribution < 1.29 is 28.8 Å². The van der Waals surface area contributed by atoms with Crippen LogP contribution in [0, 0.1) is 0 Å². The molecule has 0 spiro atoms. The molecule has 0 aromatic heterocycles. The van der Waals surface area contributed by atoms with Crippen LogP contribution in [0.3, 0.4) is 0 Å². The van der Waals surface area contributed by atoms with Gasteiger partial charge in [0.05, 0.1) is 41.2 Å². The van der Waals surface area contributed by atoms with E-state index < -0.39 is 0 Å². The minimum absolute atomic E-state index is 0.0220. The number of hydrazone groups is 1. The van der Waals surface area contributed by atoms with Gasteiger partial charge in [-0.25, -0.2) is 5.43 Å². The lowest BCUT2D eigenvalue weighted by atomic mass is 10.1. The van der Waals surface area contributed by atoms with Crippen molar-refractivity contribution >= 4 is 12.1 Å². The van der Waals surface area contributed by atoms with Crippen molar-refractivity contribution in [2.75, 3.05) is 61.2 Å². The lowest BCUT2D eigenvalue weighted by Gasteiger charge is -2.34. The minimum Gasteiger partial charge on any atom is -0.504 e. The lowest BCUT2D eigenvalue weighted by Crippen LogP contribution is -2.48. The number of nitrogens with one attached hydrogen (secondary N) is 1. The molecule has 1 aliphatic rings. The number of phenols is 1. The van der Waals surface area contributed by atoms with Crippen LogP contribution < -0.4 is 24.4 Å². The molecule has 10 heteroatoms. The Hall–Kier alpha value is -3.50. The number of para-hydroxylation sites is 1. The van der Waals surface area contributed by atoms with Gasteiger partial charge in [-0.1, -0.05) is 6.07 Å². The number of amides is 1. The number of ether oxygens (including phenoxy) is 4. The van der Waals surface area contributed by atoms with Gasteiger partial charge in [0.25, 0.3) is 5.91 Å². The minimum atomic E-state index is -0.211. The topological polar surface area (TPSA) is 105 Å². The molecule has 0 unspecified atom stereocenters. The summed E-state index contributed by atoms with van der Waals surface area (Å²) in [7, 11) is 6.27. The van der Waals surface area contributed by atoms with Crippen molar-refractivity contribution in [3.05, 3.63) is 41.5 Å². The Labute approximate surface area is 199 Å². The molecule has 34 heavy (non-hydrogen) atoms. The number of aromatic hydroxyl groups is 1. The Morgan fingerprint density at radius 3 is 2.18 bits per heavy atom. The Morgan fingerprint density at radius 2 is 1.59 bits per heavy atom. The molecule has 0 bridgehead atoms. The van der Waals surface area contributed by atoms with Crippen LogP contribution in [0.2, 0.25) is 0 Å². The van der Waals surface area contributed by atoms with E-state index >= 15 is 0 Å². The van der Waals surface area contributed by atoms with E-state index in [9.17, 15) is 9.90 Å². The SMILES string of the molecule is COc1cccc(/C=N/NC(=O)CN2CCN(Cc3cc(OC)c(OC)c(OC)c3)CC2)c1O. The van der Waals surface area contributed by atoms with Gasteiger partial charge < -0.3 is 24.1 Å². The molecular formula is C24H32N4O6. The van der Waals surface area contributed by atoms with Crippen molar-refractivity contribution in [1.82, 2.24) is 15.2 Å². The number of hydrogen-bond donors (Lipinski definition) is 2. The Balaban J connectivity index is 1.47. The molecule has 0 radical (unpaired) electrons. The molecule has 2 aromatic carbocycles. The van der Waals surface area contributed by atoms with Crippen LogP contribution >= 0.6 is 0 Å². The van der Waals surface area contributed by atoms with E-state index in [1.54, 1.807) is 39.5 Å². The van der Waals surface area contributed by atoms with Crippen LogP contribution in [-0.4, -0.2) is 88.2 Å². The van der Waals surface area contributed by atoms with Gasteiger partial charge >= 0.3 is 0 Å². The molecule has 0 atom stereocenters. The predicted molar refractivity (Wildman–Crippen MR) is 128 cm³/mol. The van der Waals surface area contributed by atoms with Crippen molar-refractivity contribution in [3.8, 4) is 28.7 Å². The number of benzene rings is 2. The molecule has 1 fully saturated rings. The van der Waals surface area contributed by atoms with Crippen LogP contribution in [0.1, 0.15) is 11.1 Å². The molecule has 1 heterocycles. The van der Waals surface area contributed by atoms with Crippen LogP contribution in [0.15, 0.2) is 35.4 Å². The largest absolute Gasteiger partial charge is 0.504 e. The molecule has 3 rings (SSSR count). The predicted octanol–water partition coefficient (Wildman–Crippen LogP) is 1.69. The molecule has 2 N–H and O–H groups in total. The molecule has 2 aromatic rings. The summed E-state index contributed by atoms with van der Waals surface area (Å²) in [6.45, 7) is 4.16. The number of hydrogen-bond acceptors (Lipinski definition) is 9. The standard InChI is InChI=1S/C24H32N4O6/c1-31-19-7-5-6-18(23(19)30)14-25-26-22(29)16-28-10-8-27(9-11-28)15-17-12-20(32-2)24(34-4)21(13-17)33-3/h5-7,12-14,30H,8-11,15-16H2,1-4H3,(H,26,29)/b25-14+. The molecule has 1 aliphatic heterocycles. The van der Waals surface area contributed by atoms with Crippen molar-refractivity contribution in [2.45, 2.75) is 6.54 Å². The van der Waals surface area contributed by atoms with E-state index in [2.05, 4.69) is 20.3 Å². The van der Waals surface area contributed by atoms with E-state index in [-0.39, 0.29) is 18.2 Å². The average Bonchev–Trinajstić information content (AvgIpc) is 2.85. The average molecular weight is 473 g/mol. The zero-order valence-electron chi connectivity index (χ0n) is 20.0. The normalized spacial score (nSPS) is 14.7. The third kappa shape index (κ3) is 6.30. The number of carbonyl (C=O) groups is 1. The first-order chi connectivity index (χ1) is 16.5. The highest BCUT2D eigenvalue weighted by molar-refractivity contribution is 5.86. The van der Waals surface area contributed by atoms with Crippen molar-refractivity contribution in [1.29, 1.82) is 0 Å². The molecular weight excluding hydrogens is 440 g/mol. The van der Waals surface area contributed by atoms with Crippen LogP contribution in [0.4, 0.5) is 0 Å². The van der Waals surface area contributed by atoms with Gasteiger partial charge in [0.15, 0.2) is 23.0 Å².